The molecule has 0 amide bonds. The molecule has 0 bridgehead atoms. The summed E-state index contributed by atoms with van der Waals surface area (Å²) in [4.78, 5) is 2.50. The summed E-state index contributed by atoms with van der Waals surface area (Å²) in [5, 5.41) is 0. The van der Waals surface area contributed by atoms with Gasteiger partial charge in [0.1, 0.15) is 0 Å². The van der Waals surface area contributed by atoms with Crippen molar-refractivity contribution in [1.82, 2.24) is 0 Å². The zero-order valence-corrected chi connectivity index (χ0v) is 35.7. The summed E-state index contributed by atoms with van der Waals surface area (Å²) in [6, 6.07) is 66.2. The summed E-state index contributed by atoms with van der Waals surface area (Å²) in [7, 11) is 0. The van der Waals surface area contributed by atoms with Gasteiger partial charge in [-0.15, -0.1) is 0 Å². The maximum Gasteiger partial charge on any atom is 0.0726 e. The van der Waals surface area contributed by atoms with Crippen molar-refractivity contribution in [2.45, 2.75) is 70.6 Å². The molecular weight excluding hydrogens is 723 g/mol. The number of hydrogen-bond acceptors (Lipinski definition) is 1. The average Bonchev–Trinajstić information content (AvgIpc) is 3.81. The highest BCUT2D eigenvalue weighted by molar-refractivity contribution is 5.98. The van der Waals surface area contributed by atoms with Gasteiger partial charge in [-0.2, -0.15) is 0 Å². The zero-order chi connectivity index (χ0) is 42.1. The summed E-state index contributed by atoms with van der Waals surface area (Å²) < 4.78 is 8.73. The number of benzene rings is 8. The molecule has 3 aliphatic carbocycles. The van der Waals surface area contributed by atoms with Crippen molar-refractivity contribution >= 4 is 17.1 Å². The minimum Gasteiger partial charge on any atom is -0.310 e. The van der Waals surface area contributed by atoms with Gasteiger partial charge in [0, 0.05) is 23.7 Å². The van der Waals surface area contributed by atoms with Gasteiger partial charge in [0.25, 0.3) is 0 Å². The third-order valence-electron chi connectivity index (χ3n) is 13.9. The molecule has 0 saturated heterocycles. The quantitative estimate of drug-likeness (QED) is 0.168. The smallest absolute Gasteiger partial charge is 0.0726 e. The van der Waals surface area contributed by atoms with Crippen molar-refractivity contribution in [3.8, 4) is 44.5 Å². The van der Waals surface area contributed by atoms with E-state index in [4.69, 9.17) is 1.37 Å². The maximum atomic E-state index is 8.73. The molecule has 0 fully saturated rings. The monoisotopic (exact) mass is 774 g/mol. The Bertz CT molecular complexity index is 3070. The van der Waals surface area contributed by atoms with Crippen LogP contribution in [0.3, 0.4) is 0 Å². The van der Waals surface area contributed by atoms with Crippen LogP contribution in [0.1, 0.15) is 100 Å². The Morgan fingerprint density at radius 2 is 0.933 bits per heavy atom. The van der Waals surface area contributed by atoms with Crippen LogP contribution in [0.15, 0.2) is 176 Å². The summed E-state index contributed by atoms with van der Waals surface area (Å²) in [6.45, 7) is 15.6. The lowest BCUT2D eigenvalue weighted by molar-refractivity contribution is 0.588. The molecule has 8 aromatic rings. The highest BCUT2D eigenvalue weighted by Crippen LogP contribution is 2.64. The Kier molecular flexibility index (Phi) is 7.71. The second-order valence-electron chi connectivity index (χ2n) is 18.9. The molecule has 1 nitrogen and oxygen atoms in total. The van der Waals surface area contributed by atoms with Gasteiger partial charge in [-0.25, -0.2) is 0 Å². The fraction of sp³-hybridized carbons (Fsp3) is 0.186. The fourth-order valence-corrected chi connectivity index (χ4v) is 10.9. The van der Waals surface area contributed by atoms with Crippen LogP contribution >= 0.6 is 0 Å². The first-order valence-electron chi connectivity index (χ1n) is 22.0. The molecule has 8 aromatic carbocycles. The van der Waals surface area contributed by atoms with Crippen LogP contribution in [0.5, 0.6) is 0 Å². The van der Waals surface area contributed by atoms with E-state index in [1.807, 2.05) is 13.8 Å². The minimum atomic E-state index is -0.679. The van der Waals surface area contributed by atoms with Crippen molar-refractivity contribution in [1.29, 1.82) is 0 Å². The van der Waals surface area contributed by atoms with E-state index in [1.54, 1.807) is 0 Å². The Hall–Kier alpha value is -6.44. The molecule has 1 spiro atoms. The van der Waals surface area contributed by atoms with E-state index < -0.39 is 11.3 Å². The van der Waals surface area contributed by atoms with Crippen LogP contribution in [0.2, 0.25) is 0 Å². The molecule has 0 saturated carbocycles. The predicted molar refractivity (Wildman–Crippen MR) is 253 cm³/mol. The number of rotatable bonds is 5. The van der Waals surface area contributed by atoms with Crippen molar-refractivity contribution in [2.75, 3.05) is 4.90 Å². The number of anilines is 3. The van der Waals surface area contributed by atoms with E-state index in [0.717, 1.165) is 33.8 Å². The van der Waals surface area contributed by atoms with E-state index >= 15 is 0 Å². The van der Waals surface area contributed by atoms with Crippen molar-refractivity contribution in [2.24, 2.45) is 0 Å². The molecule has 1 atom stereocenters. The minimum absolute atomic E-state index is 0.0102. The van der Waals surface area contributed by atoms with E-state index in [9.17, 15) is 0 Å². The van der Waals surface area contributed by atoms with E-state index in [0.29, 0.717) is 0 Å². The van der Waals surface area contributed by atoms with Crippen molar-refractivity contribution < 1.29 is 1.37 Å². The summed E-state index contributed by atoms with van der Waals surface area (Å²) in [5.74, 6) is -0.679. The van der Waals surface area contributed by atoms with E-state index in [-0.39, 0.29) is 10.8 Å². The normalized spacial score (nSPS) is 16.7. The number of nitrogens with zero attached hydrogens (tertiary/aromatic N) is 1. The summed E-state index contributed by atoms with van der Waals surface area (Å²) >= 11 is 0. The van der Waals surface area contributed by atoms with Crippen LogP contribution in [-0.4, -0.2) is 0 Å². The first-order valence-corrected chi connectivity index (χ1v) is 21.5. The van der Waals surface area contributed by atoms with Crippen LogP contribution in [-0.2, 0) is 16.2 Å². The van der Waals surface area contributed by atoms with E-state index in [2.05, 4.69) is 215 Å². The van der Waals surface area contributed by atoms with Gasteiger partial charge < -0.3 is 4.90 Å². The molecule has 0 radical (unpaired) electrons. The van der Waals surface area contributed by atoms with Crippen LogP contribution < -0.4 is 4.90 Å². The maximum absolute atomic E-state index is 8.73. The molecular formula is C59H51N. The largest absolute Gasteiger partial charge is 0.310 e. The highest BCUT2D eigenvalue weighted by atomic mass is 15.1. The SMILES string of the molecule is [2H]C(C)(C)c1ccc(-c2ccccc2N(c2ccc3c(c2)-c2ccccc2C3(C)C)c2ccc3c(c2)C2(c4ccccc4-3)c3ccccc3-c3ccc(C(C)(C)C)cc32)cc1. The summed E-state index contributed by atoms with van der Waals surface area (Å²) in [6.07, 6.45) is 0. The van der Waals surface area contributed by atoms with E-state index in [1.165, 1.54) is 72.3 Å². The fourth-order valence-electron chi connectivity index (χ4n) is 10.9. The van der Waals surface area contributed by atoms with Gasteiger partial charge in [0.2, 0.25) is 0 Å². The van der Waals surface area contributed by atoms with Crippen molar-refractivity contribution in [3.05, 3.63) is 220 Å². The molecule has 0 N–H and O–H groups in total. The Balaban J connectivity index is 1.19. The van der Waals surface area contributed by atoms with Gasteiger partial charge in [-0.1, -0.05) is 194 Å². The Morgan fingerprint density at radius 1 is 0.450 bits per heavy atom. The number of hydrogen-bond donors (Lipinski definition) is 0. The number of para-hydroxylation sites is 1. The molecule has 0 aliphatic heterocycles. The molecule has 1 heteroatoms. The Morgan fingerprint density at radius 3 is 1.57 bits per heavy atom. The average molecular weight is 775 g/mol. The Labute approximate surface area is 357 Å². The van der Waals surface area contributed by atoms with Gasteiger partial charge in [-0.05, 0) is 125 Å². The van der Waals surface area contributed by atoms with Crippen LogP contribution in [0.4, 0.5) is 17.1 Å². The molecule has 0 heterocycles. The lowest BCUT2D eigenvalue weighted by Crippen LogP contribution is -2.27. The molecule has 292 valence electrons. The lowest BCUT2D eigenvalue weighted by atomic mass is 9.69. The molecule has 3 aliphatic rings. The topological polar surface area (TPSA) is 3.24 Å². The zero-order valence-electron chi connectivity index (χ0n) is 36.7. The highest BCUT2D eigenvalue weighted by Gasteiger charge is 2.52. The third-order valence-corrected chi connectivity index (χ3v) is 13.9. The first kappa shape index (κ1) is 35.5. The molecule has 0 aromatic heterocycles. The standard InChI is InChI=1S/C59H51N/c1-37(2)38-24-26-39(27-25-38)43-16-11-15-23-56(43)60(41-30-33-51-49(35-41)46-19-8-12-20-50(46)58(51,6)7)42-29-32-48-45-18-10-14-22-53(45)59(55(48)36-42)52-21-13-9-17-44(52)47-31-28-40(34-54(47)59)57(3,4)5/h8-37H,1-7H3/i37D. The lowest BCUT2D eigenvalue weighted by Gasteiger charge is -2.33. The predicted octanol–water partition coefficient (Wildman–Crippen LogP) is 15.9. The third kappa shape index (κ3) is 5.11. The van der Waals surface area contributed by atoms with Gasteiger partial charge in [0.05, 0.1) is 11.1 Å². The molecule has 60 heavy (non-hydrogen) atoms. The second-order valence-corrected chi connectivity index (χ2v) is 18.9. The van der Waals surface area contributed by atoms with Crippen molar-refractivity contribution in [3.63, 3.8) is 0 Å². The second kappa shape index (κ2) is 13.0. The first-order chi connectivity index (χ1) is 29.3. The molecule has 11 rings (SSSR count). The van der Waals surface area contributed by atoms with Gasteiger partial charge in [0.15, 0.2) is 0 Å². The van der Waals surface area contributed by atoms with Crippen LogP contribution in [0.25, 0.3) is 44.5 Å². The van der Waals surface area contributed by atoms with Crippen LogP contribution in [0, 0.1) is 0 Å². The molecule has 1 unspecified atom stereocenters. The number of fused-ring (bicyclic) bond motifs is 13. The van der Waals surface area contributed by atoms with Gasteiger partial charge in [-0.3, -0.25) is 0 Å². The summed E-state index contributed by atoms with van der Waals surface area (Å²) in [5.41, 5.74) is 23.3. The van der Waals surface area contributed by atoms with Gasteiger partial charge >= 0.3 is 0 Å².